The lowest BCUT2D eigenvalue weighted by Gasteiger charge is -2.11. The smallest absolute Gasteiger partial charge is 0.221 e. The van der Waals surface area contributed by atoms with Crippen molar-refractivity contribution in [3.8, 4) is 0 Å². The van der Waals surface area contributed by atoms with Gasteiger partial charge in [0.25, 0.3) is 0 Å². The summed E-state index contributed by atoms with van der Waals surface area (Å²) in [6.45, 7) is 5.42. The molecule has 154 valence electrons. The van der Waals surface area contributed by atoms with Crippen LogP contribution < -0.4 is 5.32 Å². The Kier molecular flexibility index (Phi) is 6.44. The molecule has 3 heterocycles. The fraction of sp³-hybridized carbons (Fsp3) is 0.273. The number of thioether (sulfide) groups is 1. The Hall–Kier alpha value is -2.71. The number of aryl methyl sites for hydroxylation is 2. The van der Waals surface area contributed by atoms with Crippen molar-refractivity contribution in [1.82, 2.24) is 25.1 Å². The Morgan fingerprint density at radius 3 is 2.80 bits per heavy atom. The van der Waals surface area contributed by atoms with Crippen LogP contribution in [0.15, 0.2) is 54.1 Å². The summed E-state index contributed by atoms with van der Waals surface area (Å²) in [4.78, 5) is 23.5. The molecule has 4 rings (SSSR count). The number of thiophene rings is 1. The number of nitrogens with zero attached hydrogens (tertiary/aromatic N) is 4. The number of amides is 1. The van der Waals surface area contributed by atoms with Gasteiger partial charge in [0.15, 0.2) is 0 Å². The first kappa shape index (κ1) is 20.6. The molecule has 0 spiro atoms. The number of carbonyl (C=O) groups excluding carboxylic acids is 1. The zero-order valence-corrected chi connectivity index (χ0v) is 18.6. The molecule has 1 amide bonds. The third-order valence-electron chi connectivity index (χ3n) is 4.98. The highest BCUT2D eigenvalue weighted by Crippen LogP contribution is 2.34. The molecule has 0 aliphatic heterocycles. The minimum absolute atomic E-state index is 0.0416. The van der Waals surface area contributed by atoms with E-state index in [1.54, 1.807) is 35.6 Å². The van der Waals surface area contributed by atoms with E-state index in [1.807, 2.05) is 35.1 Å². The molecular weight excluding hydrogens is 414 g/mol. The molecule has 0 aliphatic carbocycles. The number of fused-ring (bicyclic) bond motifs is 1. The van der Waals surface area contributed by atoms with Gasteiger partial charge in [0.1, 0.15) is 16.2 Å². The van der Waals surface area contributed by atoms with E-state index in [1.165, 1.54) is 10.4 Å². The minimum atomic E-state index is 0.0416. The van der Waals surface area contributed by atoms with Crippen LogP contribution in [0, 0.1) is 13.8 Å². The van der Waals surface area contributed by atoms with Crippen molar-refractivity contribution in [3.63, 3.8) is 0 Å². The third-order valence-corrected chi connectivity index (χ3v) is 7.09. The first-order valence-electron chi connectivity index (χ1n) is 9.76. The first-order valence-corrected chi connectivity index (χ1v) is 11.6. The van der Waals surface area contributed by atoms with Crippen LogP contribution in [0.4, 0.5) is 0 Å². The lowest BCUT2D eigenvalue weighted by atomic mass is 10.1. The molecule has 4 aromatic rings. The minimum Gasteiger partial charge on any atom is -0.352 e. The zero-order valence-electron chi connectivity index (χ0n) is 17.0. The standard InChI is InChI=1S/C22H23N5OS2/c1-15-16(2)30-22-20(15)21(24-14-25-22)29-11-8-19(28)23-12-17-6-3-4-7-18(17)13-27-10-5-9-26-27/h3-7,9-10,14H,8,11-13H2,1-2H3,(H,23,28). The first-order chi connectivity index (χ1) is 14.6. The molecule has 8 heteroatoms. The maximum atomic E-state index is 12.4. The van der Waals surface area contributed by atoms with Crippen molar-refractivity contribution >= 4 is 39.2 Å². The Bertz CT molecular complexity index is 1150. The Labute approximate surface area is 183 Å². The van der Waals surface area contributed by atoms with Crippen molar-refractivity contribution in [2.75, 3.05) is 5.75 Å². The van der Waals surface area contributed by atoms with Gasteiger partial charge in [0.2, 0.25) is 5.91 Å². The highest BCUT2D eigenvalue weighted by atomic mass is 32.2. The van der Waals surface area contributed by atoms with E-state index in [0.717, 1.165) is 26.4 Å². The SMILES string of the molecule is Cc1sc2ncnc(SCCC(=O)NCc3ccccc3Cn3cccn3)c2c1C. The second-order valence-corrected chi connectivity index (χ2v) is 9.28. The topological polar surface area (TPSA) is 72.7 Å². The van der Waals surface area contributed by atoms with Crippen LogP contribution in [0.3, 0.4) is 0 Å². The van der Waals surface area contributed by atoms with Gasteiger partial charge in [-0.25, -0.2) is 9.97 Å². The molecule has 1 N–H and O–H groups in total. The van der Waals surface area contributed by atoms with Crippen molar-refractivity contribution in [2.24, 2.45) is 0 Å². The number of hydrogen-bond donors (Lipinski definition) is 1. The van der Waals surface area contributed by atoms with E-state index in [-0.39, 0.29) is 5.91 Å². The van der Waals surface area contributed by atoms with E-state index < -0.39 is 0 Å². The van der Waals surface area contributed by atoms with Gasteiger partial charge in [-0.1, -0.05) is 24.3 Å². The monoisotopic (exact) mass is 437 g/mol. The molecular formula is C22H23N5OS2. The molecule has 0 radical (unpaired) electrons. The van der Waals surface area contributed by atoms with Crippen molar-refractivity contribution < 1.29 is 4.79 Å². The summed E-state index contributed by atoms with van der Waals surface area (Å²) in [7, 11) is 0. The summed E-state index contributed by atoms with van der Waals surface area (Å²) in [5, 5.41) is 9.39. The molecule has 0 bridgehead atoms. The van der Waals surface area contributed by atoms with E-state index in [0.29, 0.717) is 25.3 Å². The molecule has 1 aromatic carbocycles. The number of hydrogen-bond acceptors (Lipinski definition) is 6. The maximum absolute atomic E-state index is 12.4. The second-order valence-electron chi connectivity index (χ2n) is 6.99. The normalized spacial score (nSPS) is 11.1. The molecule has 0 fully saturated rings. The van der Waals surface area contributed by atoms with Crippen LogP contribution in [0.5, 0.6) is 0 Å². The van der Waals surface area contributed by atoms with Gasteiger partial charge < -0.3 is 5.32 Å². The Morgan fingerprint density at radius 2 is 2.00 bits per heavy atom. The second kappa shape index (κ2) is 9.40. The van der Waals surface area contributed by atoms with Gasteiger partial charge in [0, 0.05) is 41.4 Å². The van der Waals surface area contributed by atoms with E-state index in [4.69, 9.17) is 0 Å². The van der Waals surface area contributed by atoms with Crippen LogP contribution in [-0.4, -0.2) is 31.4 Å². The molecule has 0 unspecified atom stereocenters. The predicted molar refractivity (Wildman–Crippen MR) is 122 cm³/mol. The zero-order chi connectivity index (χ0) is 20.9. The lowest BCUT2D eigenvalue weighted by molar-refractivity contribution is -0.120. The number of carbonyl (C=O) groups is 1. The molecule has 30 heavy (non-hydrogen) atoms. The fourth-order valence-corrected chi connectivity index (χ4v) is 5.29. The fourth-order valence-electron chi connectivity index (χ4n) is 3.23. The van der Waals surface area contributed by atoms with Crippen molar-refractivity contribution in [1.29, 1.82) is 0 Å². The van der Waals surface area contributed by atoms with E-state index >= 15 is 0 Å². The summed E-state index contributed by atoms with van der Waals surface area (Å²) in [6, 6.07) is 10.0. The summed E-state index contributed by atoms with van der Waals surface area (Å²) >= 11 is 3.31. The highest BCUT2D eigenvalue weighted by Gasteiger charge is 2.13. The Balaban J connectivity index is 1.31. The van der Waals surface area contributed by atoms with Crippen LogP contribution in [-0.2, 0) is 17.9 Å². The number of rotatable bonds is 8. The lowest BCUT2D eigenvalue weighted by Crippen LogP contribution is -2.24. The molecule has 0 saturated heterocycles. The van der Waals surface area contributed by atoms with Crippen LogP contribution in [0.25, 0.3) is 10.2 Å². The van der Waals surface area contributed by atoms with E-state index in [9.17, 15) is 4.79 Å². The average molecular weight is 438 g/mol. The van der Waals surface area contributed by atoms with Gasteiger partial charge in [-0.15, -0.1) is 23.1 Å². The number of aromatic nitrogens is 4. The summed E-state index contributed by atoms with van der Waals surface area (Å²) in [5.74, 6) is 0.723. The van der Waals surface area contributed by atoms with Gasteiger partial charge in [-0.05, 0) is 36.6 Å². The van der Waals surface area contributed by atoms with Crippen LogP contribution in [0.1, 0.15) is 28.0 Å². The molecule has 3 aromatic heterocycles. The van der Waals surface area contributed by atoms with Crippen molar-refractivity contribution in [3.05, 3.63) is 70.6 Å². The quantitative estimate of drug-likeness (QED) is 0.328. The maximum Gasteiger partial charge on any atom is 0.221 e. The van der Waals surface area contributed by atoms with Gasteiger partial charge in [-0.2, -0.15) is 5.10 Å². The van der Waals surface area contributed by atoms with Gasteiger partial charge >= 0.3 is 0 Å². The summed E-state index contributed by atoms with van der Waals surface area (Å²) < 4.78 is 1.88. The van der Waals surface area contributed by atoms with Crippen LogP contribution >= 0.6 is 23.1 Å². The molecule has 0 atom stereocenters. The predicted octanol–water partition coefficient (Wildman–Crippen LogP) is 4.35. The summed E-state index contributed by atoms with van der Waals surface area (Å²) in [6.07, 6.45) is 5.76. The molecule has 0 aliphatic rings. The molecule has 6 nitrogen and oxygen atoms in total. The highest BCUT2D eigenvalue weighted by molar-refractivity contribution is 7.99. The number of nitrogens with one attached hydrogen (secondary N) is 1. The molecule has 0 saturated carbocycles. The van der Waals surface area contributed by atoms with E-state index in [2.05, 4.69) is 40.3 Å². The average Bonchev–Trinajstić information content (AvgIpc) is 3.36. The van der Waals surface area contributed by atoms with Gasteiger partial charge in [0.05, 0.1) is 6.54 Å². The van der Waals surface area contributed by atoms with Gasteiger partial charge in [-0.3, -0.25) is 9.48 Å². The summed E-state index contributed by atoms with van der Waals surface area (Å²) in [5.41, 5.74) is 3.50. The number of benzene rings is 1. The third kappa shape index (κ3) is 4.71. The van der Waals surface area contributed by atoms with Crippen molar-refractivity contribution in [2.45, 2.75) is 38.4 Å². The van der Waals surface area contributed by atoms with Crippen LogP contribution in [0.2, 0.25) is 0 Å². The largest absolute Gasteiger partial charge is 0.352 e. The Morgan fingerprint density at radius 1 is 1.17 bits per heavy atom.